The van der Waals surface area contributed by atoms with Crippen molar-refractivity contribution in [2.24, 2.45) is 0 Å². The van der Waals surface area contributed by atoms with Crippen LogP contribution in [0.25, 0.3) is 0 Å². The van der Waals surface area contributed by atoms with Gasteiger partial charge in [-0.3, -0.25) is 0 Å². The van der Waals surface area contributed by atoms with Gasteiger partial charge in [-0.2, -0.15) is 4.39 Å². The molecule has 2 nitrogen and oxygen atoms in total. The minimum Gasteiger partial charge on any atom is -0.183 e. The summed E-state index contributed by atoms with van der Waals surface area (Å²) in [5.74, 6) is -0.593. The van der Waals surface area contributed by atoms with Gasteiger partial charge in [0.2, 0.25) is 5.95 Å². The Kier molecular flexibility index (Phi) is 2.33. The zero-order chi connectivity index (χ0) is 9.35. The summed E-state index contributed by atoms with van der Waals surface area (Å²) in [6.07, 6.45) is 0. The van der Waals surface area contributed by atoms with Crippen molar-refractivity contribution < 1.29 is 4.39 Å². The maximum atomic E-state index is 12.6. The van der Waals surface area contributed by atoms with E-state index < -0.39 is 5.95 Å². The van der Waals surface area contributed by atoms with Crippen LogP contribution in [0.15, 0.2) is 6.07 Å². The van der Waals surface area contributed by atoms with Gasteiger partial charge in [-0.15, -0.1) is 10.2 Å². The van der Waals surface area contributed by atoms with Gasteiger partial charge >= 0.3 is 0 Å². The average molecular weight is 189 g/mol. The maximum absolute atomic E-state index is 12.6. The van der Waals surface area contributed by atoms with E-state index in [1.165, 1.54) is 6.07 Å². The van der Waals surface area contributed by atoms with Crippen LogP contribution < -0.4 is 0 Å². The van der Waals surface area contributed by atoms with Crippen LogP contribution in [-0.2, 0) is 5.41 Å². The quantitative estimate of drug-likeness (QED) is 0.626. The predicted octanol–water partition coefficient (Wildman–Crippen LogP) is 2.57. The minimum absolute atomic E-state index is 0.201. The summed E-state index contributed by atoms with van der Waals surface area (Å²) < 4.78 is 12.6. The standard InChI is InChI=1S/C8H10ClFN2/c1-8(2,3)5-4-6(10)11-12-7(5)9/h4H,1-3H3. The number of hydrogen-bond donors (Lipinski definition) is 0. The second-order valence-corrected chi connectivity index (χ2v) is 3.98. The third kappa shape index (κ3) is 1.91. The molecule has 0 amide bonds. The van der Waals surface area contributed by atoms with E-state index in [4.69, 9.17) is 11.6 Å². The van der Waals surface area contributed by atoms with Crippen LogP contribution in [0.3, 0.4) is 0 Å². The Bertz CT molecular complexity index is 294. The zero-order valence-electron chi connectivity index (χ0n) is 7.23. The van der Waals surface area contributed by atoms with Crippen LogP contribution in [0.1, 0.15) is 26.3 Å². The Morgan fingerprint density at radius 3 is 2.33 bits per heavy atom. The van der Waals surface area contributed by atoms with Gasteiger partial charge in [-0.05, 0) is 5.41 Å². The molecule has 4 heteroatoms. The molecule has 0 aliphatic heterocycles. The summed E-state index contributed by atoms with van der Waals surface area (Å²) in [7, 11) is 0. The molecule has 0 spiro atoms. The highest BCUT2D eigenvalue weighted by molar-refractivity contribution is 6.30. The summed E-state index contributed by atoms with van der Waals surface area (Å²) in [5, 5.41) is 6.96. The Balaban J connectivity index is 3.23. The molecule has 1 heterocycles. The van der Waals surface area contributed by atoms with Crippen molar-refractivity contribution in [1.29, 1.82) is 0 Å². The molecule has 0 radical (unpaired) electrons. The summed E-state index contributed by atoms with van der Waals surface area (Å²) in [6.45, 7) is 5.82. The molecular weight excluding hydrogens is 179 g/mol. The van der Waals surface area contributed by atoms with E-state index in [9.17, 15) is 4.39 Å². The molecule has 0 unspecified atom stereocenters. The normalized spacial score (nSPS) is 11.8. The van der Waals surface area contributed by atoms with Gasteiger partial charge in [-0.1, -0.05) is 32.4 Å². The highest BCUT2D eigenvalue weighted by Crippen LogP contribution is 2.27. The van der Waals surface area contributed by atoms with Crippen molar-refractivity contribution in [3.8, 4) is 0 Å². The van der Waals surface area contributed by atoms with E-state index in [-0.39, 0.29) is 10.6 Å². The monoisotopic (exact) mass is 188 g/mol. The van der Waals surface area contributed by atoms with Gasteiger partial charge in [0, 0.05) is 11.6 Å². The number of rotatable bonds is 0. The molecule has 66 valence electrons. The molecule has 1 aromatic heterocycles. The highest BCUT2D eigenvalue weighted by Gasteiger charge is 2.19. The Morgan fingerprint density at radius 2 is 1.92 bits per heavy atom. The van der Waals surface area contributed by atoms with Gasteiger partial charge in [0.25, 0.3) is 0 Å². The zero-order valence-corrected chi connectivity index (χ0v) is 7.98. The second kappa shape index (κ2) is 2.98. The second-order valence-electron chi connectivity index (χ2n) is 3.62. The number of aromatic nitrogens is 2. The van der Waals surface area contributed by atoms with Crippen LogP contribution in [-0.4, -0.2) is 10.2 Å². The molecule has 0 atom stereocenters. The van der Waals surface area contributed by atoms with Crippen molar-refractivity contribution in [2.75, 3.05) is 0 Å². The summed E-state index contributed by atoms with van der Waals surface area (Å²) in [4.78, 5) is 0. The lowest BCUT2D eigenvalue weighted by Gasteiger charge is -2.18. The van der Waals surface area contributed by atoms with Crippen LogP contribution in [0.5, 0.6) is 0 Å². The Hall–Kier alpha value is -0.700. The van der Waals surface area contributed by atoms with Gasteiger partial charge in [0.05, 0.1) is 0 Å². The van der Waals surface area contributed by atoms with E-state index >= 15 is 0 Å². The fourth-order valence-corrected chi connectivity index (χ4v) is 1.25. The summed E-state index contributed by atoms with van der Waals surface area (Å²) >= 11 is 5.74. The molecule has 1 rings (SSSR count). The third-order valence-electron chi connectivity index (χ3n) is 1.53. The van der Waals surface area contributed by atoms with Crippen molar-refractivity contribution in [2.45, 2.75) is 26.2 Å². The first-order valence-electron chi connectivity index (χ1n) is 3.60. The van der Waals surface area contributed by atoms with Crippen molar-refractivity contribution in [3.63, 3.8) is 0 Å². The van der Waals surface area contributed by atoms with E-state index in [2.05, 4.69) is 10.2 Å². The number of halogens is 2. The van der Waals surface area contributed by atoms with E-state index in [0.717, 1.165) is 0 Å². The number of hydrogen-bond acceptors (Lipinski definition) is 2. The van der Waals surface area contributed by atoms with Crippen LogP contribution in [0.2, 0.25) is 5.15 Å². The van der Waals surface area contributed by atoms with E-state index in [0.29, 0.717) is 5.56 Å². The lowest BCUT2D eigenvalue weighted by atomic mass is 9.89. The van der Waals surface area contributed by atoms with E-state index in [1.54, 1.807) is 0 Å². The molecular formula is C8H10ClFN2. The van der Waals surface area contributed by atoms with Crippen LogP contribution in [0, 0.1) is 5.95 Å². The topological polar surface area (TPSA) is 25.8 Å². The Morgan fingerprint density at radius 1 is 1.33 bits per heavy atom. The first kappa shape index (κ1) is 9.39. The third-order valence-corrected chi connectivity index (χ3v) is 1.81. The summed E-state index contributed by atoms with van der Waals surface area (Å²) in [6, 6.07) is 1.31. The molecule has 0 aromatic carbocycles. The molecule has 0 aliphatic rings. The van der Waals surface area contributed by atoms with Gasteiger partial charge in [0.15, 0.2) is 5.15 Å². The maximum Gasteiger partial charge on any atom is 0.233 e. The SMILES string of the molecule is CC(C)(C)c1cc(F)nnc1Cl. The molecule has 0 fully saturated rings. The van der Waals surface area contributed by atoms with Gasteiger partial charge in [-0.25, -0.2) is 0 Å². The minimum atomic E-state index is -0.593. The first-order chi connectivity index (χ1) is 5.41. The van der Waals surface area contributed by atoms with Gasteiger partial charge in [0.1, 0.15) is 0 Å². The largest absolute Gasteiger partial charge is 0.233 e. The predicted molar refractivity (Wildman–Crippen MR) is 45.7 cm³/mol. The Labute approximate surface area is 75.8 Å². The van der Waals surface area contributed by atoms with E-state index in [1.807, 2.05) is 20.8 Å². The lowest BCUT2D eigenvalue weighted by Crippen LogP contribution is -2.13. The highest BCUT2D eigenvalue weighted by atomic mass is 35.5. The first-order valence-corrected chi connectivity index (χ1v) is 3.98. The molecule has 12 heavy (non-hydrogen) atoms. The fourth-order valence-electron chi connectivity index (χ4n) is 0.879. The smallest absolute Gasteiger partial charge is 0.183 e. The molecule has 1 aromatic rings. The molecule has 0 saturated heterocycles. The molecule has 0 N–H and O–H groups in total. The molecule has 0 aliphatic carbocycles. The van der Waals surface area contributed by atoms with Crippen molar-refractivity contribution in [3.05, 3.63) is 22.7 Å². The average Bonchev–Trinajstić information content (AvgIpc) is 1.92. The van der Waals surface area contributed by atoms with Crippen LogP contribution in [0.4, 0.5) is 4.39 Å². The van der Waals surface area contributed by atoms with Crippen molar-refractivity contribution in [1.82, 2.24) is 10.2 Å². The summed E-state index contributed by atoms with van der Waals surface area (Å²) in [5.41, 5.74) is 0.477. The number of nitrogens with zero attached hydrogens (tertiary/aromatic N) is 2. The fraction of sp³-hybridized carbons (Fsp3) is 0.500. The lowest BCUT2D eigenvalue weighted by molar-refractivity contribution is 0.533. The van der Waals surface area contributed by atoms with Gasteiger partial charge < -0.3 is 0 Å². The van der Waals surface area contributed by atoms with Crippen LogP contribution >= 0.6 is 11.6 Å². The molecule has 0 saturated carbocycles. The van der Waals surface area contributed by atoms with Crippen molar-refractivity contribution >= 4 is 11.6 Å². The molecule has 0 bridgehead atoms.